The number of tetrazole rings is 1. The van der Waals surface area contributed by atoms with Gasteiger partial charge in [-0.1, -0.05) is 54.2 Å². The van der Waals surface area contributed by atoms with Gasteiger partial charge < -0.3 is 4.90 Å². The fraction of sp³-hybridized carbons (Fsp3) is 0.429. The molecule has 7 nitrogen and oxygen atoms in total. The Labute approximate surface area is 175 Å². The van der Waals surface area contributed by atoms with Gasteiger partial charge in [0.15, 0.2) is 0 Å². The van der Waals surface area contributed by atoms with E-state index >= 15 is 0 Å². The van der Waals surface area contributed by atoms with Crippen LogP contribution in [-0.2, 0) is 11.3 Å². The van der Waals surface area contributed by atoms with Crippen LogP contribution in [0.4, 0.5) is 0 Å². The number of carbonyl (C=O) groups excluding carboxylic acids is 1. The molecule has 152 valence electrons. The van der Waals surface area contributed by atoms with Crippen LogP contribution in [0.2, 0.25) is 0 Å². The number of hydrogen-bond acceptors (Lipinski definition) is 6. The molecule has 29 heavy (non-hydrogen) atoms. The van der Waals surface area contributed by atoms with Crippen LogP contribution in [0.1, 0.15) is 25.5 Å². The molecule has 0 saturated carbocycles. The Balaban J connectivity index is 1.30. The zero-order valence-corrected chi connectivity index (χ0v) is 17.7. The normalized spacial score (nSPS) is 15.3. The standard InChI is InChI=1S/C21H26N6OS/c1-16(2)27-21(22-23-24-27)29-15-20(28)26-12-10-25(11-13-26)14-18-8-5-7-17-6-3-4-9-19(17)18/h3-9,16H,10-15H2,1-2H3. The number of benzene rings is 2. The molecule has 0 N–H and O–H groups in total. The van der Waals surface area contributed by atoms with Crippen LogP contribution in [-0.4, -0.2) is 67.8 Å². The van der Waals surface area contributed by atoms with Crippen molar-refractivity contribution in [1.82, 2.24) is 30.0 Å². The Hall–Kier alpha value is -2.45. The highest BCUT2D eigenvalue weighted by Gasteiger charge is 2.22. The predicted octanol–water partition coefficient (Wildman–Crippen LogP) is 2.84. The van der Waals surface area contributed by atoms with Gasteiger partial charge in [-0.2, -0.15) is 0 Å². The van der Waals surface area contributed by atoms with Crippen molar-refractivity contribution in [3.63, 3.8) is 0 Å². The van der Waals surface area contributed by atoms with Gasteiger partial charge in [-0.15, -0.1) is 5.10 Å². The predicted molar refractivity (Wildman–Crippen MR) is 115 cm³/mol. The first-order valence-corrected chi connectivity index (χ1v) is 11.0. The number of hydrogen-bond donors (Lipinski definition) is 0. The summed E-state index contributed by atoms with van der Waals surface area (Å²) in [7, 11) is 0. The summed E-state index contributed by atoms with van der Waals surface area (Å²) in [4.78, 5) is 17.0. The topological polar surface area (TPSA) is 67.2 Å². The molecule has 1 amide bonds. The van der Waals surface area contributed by atoms with Crippen LogP contribution in [0.25, 0.3) is 10.8 Å². The Morgan fingerprint density at radius 2 is 1.83 bits per heavy atom. The lowest BCUT2D eigenvalue weighted by Crippen LogP contribution is -2.48. The van der Waals surface area contributed by atoms with E-state index in [1.165, 1.54) is 28.1 Å². The summed E-state index contributed by atoms with van der Waals surface area (Å²) in [5, 5.41) is 15.0. The summed E-state index contributed by atoms with van der Waals surface area (Å²) in [6.07, 6.45) is 0. The van der Waals surface area contributed by atoms with Crippen molar-refractivity contribution in [3.8, 4) is 0 Å². The minimum atomic E-state index is 0.151. The third kappa shape index (κ3) is 4.59. The van der Waals surface area contributed by atoms with Gasteiger partial charge in [-0.25, -0.2) is 4.68 Å². The Morgan fingerprint density at radius 3 is 2.62 bits per heavy atom. The van der Waals surface area contributed by atoms with E-state index in [4.69, 9.17) is 0 Å². The average Bonchev–Trinajstić information content (AvgIpc) is 3.22. The van der Waals surface area contributed by atoms with Crippen molar-refractivity contribution in [2.75, 3.05) is 31.9 Å². The summed E-state index contributed by atoms with van der Waals surface area (Å²) in [5.74, 6) is 0.522. The van der Waals surface area contributed by atoms with Gasteiger partial charge in [0, 0.05) is 32.7 Å². The summed E-state index contributed by atoms with van der Waals surface area (Å²) >= 11 is 1.41. The van der Waals surface area contributed by atoms with Gasteiger partial charge >= 0.3 is 0 Å². The fourth-order valence-corrected chi connectivity index (χ4v) is 4.56. The largest absolute Gasteiger partial charge is 0.339 e. The molecule has 3 aromatic rings. The highest BCUT2D eigenvalue weighted by atomic mass is 32.2. The molecular formula is C21H26N6OS. The number of nitrogens with zero attached hydrogens (tertiary/aromatic N) is 6. The third-order valence-corrected chi connectivity index (χ3v) is 6.19. The molecule has 1 fully saturated rings. The number of rotatable bonds is 6. The first-order chi connectivity index (χ1) is 14.1. The number of thioether (sulfide) groups is 1. The number of fused-ring (bicyclic) bond motifs is 1. The molecule has 1 saturated heterocycles. The first-order valence-electron chi connectivity index (χ1n) is 9.99. The minimum Gasteiger partial charge on any atom is -0.339 e. The highest BCUT2D eigenvalue weighted by Crippen LogP contribution is 2.21. The summed E-state index contributed by atoms with van der Waals surface area (Å²) < 4.78 is 1.75. The Bertz CT molecular complexity index is 975. The lowest BCUT2D eigenvalue weighted by molar-refractivity contribution is -0.130. The molecule has 0 atom stereocenters. The lowest BCUT2D eigenvalue weighted by atomic mass is 10.0. The van der Waals surface area contributed by atoms with Crippen LogP contribution in [0.15, 0.2) is 47.6 Å². The zero-order chi connectivity index (χ0) is 20.2. The van der Waals surface area contributed by atoms with Gasteiger partial charge in [0.05, 0.1) is 11.8 Å². The van der Waals surface area contributed by atoms with Crippen molar-refractivity contribution < 1.29 is 4.79 Å². The molecule has 4 rings (SSSR count). The van der Waals surface area contributed by atoms with Crippen molar-refractivity contribution in [1.29, 1.82) is 0 Å². The van der Waals surface area contributed by atoms with E-state index < -0.39 is 0 Å². The summed E-state index contributed by atoms with van der Waals surface area (Å²) in [6.45, 7) is 8.28. The molecule has 1 aliphatic rings. The SMILES string of the molecule is CC(C)n1nnnc1SCC(=O)N1CCN(Cc2cccc3ccccc23)CC1. The van der Waals surface area contributed by atoms with Crippen LogP contribution in [0.5, 0.6) is 0 Å². The number of piperazine rings is 1. The fourth-order valence-electron chi connectivity index (χ4n) is 3.65. The van der Waals surface area contributed by atoms with Crippen molar-refractivity contribution >= 4 is 28.4 Å². The maximum Gasteiger partial charge on any atom is 0.233 e. The minimum absolute atomic E-state index is 0.151. The lowest BCUT2D eigenvalue weighted by Gasteiger charge is -2.35. The molecule has 0 radical (unpaired) electrons. The van der Waals surface area contributed by atoms with E-state index in [1.54, 1.807) is 4.68 Å². The molecule has 2 heterocycles. The quantitative estimate of drug-likeness (QED) is 0.582. The first kappa shape index (κ1) is 19.8. The van der Waals surface area contributed by atoms with Gasteiger partial charge in [0.25, 0.3) is 0 Å². The van der Waals surface area contributed by atoms with Crippen LogP contribution >= 0.6 is 11.8 Å². The maximum atomic E-state index is 12.6. The van der Waals surface area contributed by atoms with Gasteiger partial charge in [-0.05, 0) is 40.6 Å². The van der Waals surface area contributed by atoms with Crippen molar-refractivity contribution in [2.24, 2.45) is 0 Å². The van der Waals surface area contributed by atoms with E-state index in [-0.39, 0.29) is 11.9 Å². The second-order valence-corrected chi connectivity index (χ2v) is 8.53. The highest BCUT2D eigenvalue weighted by molar-refractivity contribution is 7.99. The average molecular weight is 411 g/mol. The molecule has 0 bridgehead atoms. The number of carbonyl (C=O) groups is 1. The third-order valence-electron chi connectivity index (χ3n) is 5.28. The summed E-state index contributed by atoms with van der Waals surface area (Å²) in [5.41, 5.74) is 1.35. The van der Waals surface area contributed by atoms with Gasteiger partial charge in [0.2, 0.25) is 11.1 Å². The van der Waals surface area contributed by atoms with Crippen molar-refractivity contribution in [3.05, 3.63) is 48.0 Å². The molecule has 1 aromatic heterocycles. The van der Waals surface area contributed by atoms with E-state index in [9.17, 15) is 4.79 Å². The second-order valence-electron chi connectivity index (χ2n) is 7.58. The van der Waals surface area contributed by atoms with Crippen LogP contribution in [0.3, 0.4) is 0 Å². The Morgan fingerprint density at radius 1 is 1.07 bits per heavy atom. The zero-order valence-electron chi connectivity index (χ0n) is 16.9. The number of amides is 1. The van der Waals surface area contributed by atoms with Crippen LogP contribution in [0, 0.1) is 0 Å². The molecule has 8 heteroatoms. The monoisotopic (exact) mass is 410 g/mol. The van der Waals surface area contributed by atoms with Gasteiger partial charge in [-0.3, -0.25) is 9.69 Å². The molecule has 0 unspecified atom stereocenters. The molecule has 2 aromatic carbocycles. The maximum absolute atomic E-state index is 12.6. The van der Waals surface area contributed by atoms with Crippen LogP contribution < -0.4 is 0 Å². The molecular weight excluding hydrogens is 384 g/mol. The molecule has 0 aliphatic carbocycles. The van der Waals surface area contributed by atoms with Crippen molar-refractivity contribution in [2.45, 2.75) is 31.6 Å². The Kier molecular flexibility index (Phi) is 6.10. The second kappa shape index (κ2) is 8.92. The number of aromatic nitrogens is 4. The van der Waals surface area contributed by atoms with E-state index in [2.05, 4.69) is 62.9 Å². The smallest absolute Gasteiger partial charge is 0.233 e. The molecule has 1 aliphatic heterocycles. The van der Waals surface area contributed by atoms with Gasteiger partial charge in [0.1, 0.15) is 0 Å². The van der Waals surface area contributed by atoms with E-state index in [1.807, 2.05) is 18.7 Å². The van der Waals surface area contributed by atoms with E-state index in [0.717, 1.165) is 32.7 Å². The summed E-state index contributed by atoms with van der Waals surface area (Å²) in [6, 6.07) is 15.2. The molecule has 0 spiro atoms. The van der Waals surface area contributed by atoms with E-state index in [0.29, 0.717) is 10.9 Å².